The highest BCUT2D eigenvalue weighted by atomic mass is 35.5. The third-order valence-electron chi connectivity index (χ3n) is 5.51. The molecular formula is C24H28ClN3O3. The number of rotatable bonds is 8. The van der Waals surface area contributed by atoms with Crippen LogP contribution in [0.3, 0.4) is 0 Å². The first-order valence-electron chi connectivity index (χ1n) is 10.8. The van der Waals surface area contributed by atoms with Crippen molar-refractivity contribution in [2.45, 2.75) is 38.0 Å². The summed E-state index contributed by atoms with van der Waals surface area (Å²) in [7, 11) is 0. The minimum absolute atomic E-state index is 0.0486. The highest BCUT2D eigenvalue weighted by molar-refractivity contribution is 6.30. The van der Waals surface area contributed by atoms with E-state index in [1.165, 1.54) is 5.56 Å². The van der Waals surface area contributed by atoms with E-state index in [4.69, 9.17) is 16.3 Å². The van der Waals surface area contributed by atoms with E-state index in [-0.39, 0.29) is 24.3 Å². The molecule has 1 saturated heterocycles. The van der Waals surface area contributed by atoms with Crippen molar-refractivity contribution in [1.82, 2.24) is 15.5 Å². The summed E-state index contributed by atoms with van der Waals surface area (Å²) >= 11 is 6.08. The molecule has 0 spiro atoms. The highest BCUT2D eigenvalue weighted by Crippen LogP contribution is 2.19. The second kappa shape index (κ2) is 10.3. The topological polar surface area (TPSA) is 70.7 Å². The summed E-state index contributed by atoms with van der Waals surface area (Å²) < 4.78 is 5.83. The molecule has 7 heteroatoms. The first kappa shape index (κ1) is 21.8. The summed E-state index contributed by atoms with van der Waals surface area (Å²) in [4.78, 5) is 27.0. The summed E-state index contributed by atoms with van der Waals surface area (Å²) in [5, 5.41) is 6.69. The number of nitrogens with one attached hydrogen (secondary N) is 2. The Hall–Kier alpha value is -2.41. The largest absolute Gasteiger partial charge is 0.374 e. The third kappa shape index (κ3) is 6.79. The predicted molar refractivity (Wildman–Crippen MR) is 120 cm³/mol. The van der Waals surface area contributed by atoms with Crippen LogP contribution in [0.15, 0.2) is 48.5 Å². The summed E-state index contributed by atoms with van der Waals surface area (Å²) in [5.41, 5.74) is 2.60. The van der Waals surface area contributed by atoms with E-state index in [0.29, 0.717) is 24.8 Å². The maximum atomic E-state index is 12.4. The Kier molecular flexibility index (Phi) is 7.22. The smallest absolute Gasteiger partial charge is 0.251 e. The van der Waals surface area contributed by atoms with Crippen LogP contribution in [0.2, 0.25) is 5.02 Å². The lowest BCUT2D eigenvalue weighted by molar-refractivity contribution is -0.121. The van der Waals surface area contributed by atoms with E-state index in [2.05, 4.69) is 21.6 Å². The van der Waals surface area contributed by atoms with Gasteiger partial charge in [0.1, 0.15) is 0 Å². The molecule has 1 aliphatic carbocycles. The average Bonchev–Trinajstić information content (AvgIpc) is 3.57. The SMILES string of the molecule is O=C(Cc1cccc(C(=O)NC2CC2)c1)NC[C@H]1CN(Cc2cccc(Cl)c2)CCO1. The average molecular weight is 442 g/mol. The van der Waals surface area contributed by atoms with Gasteiger partial charge in [-0.15, -0.1) is 0 Å². The molecule has 164 valence electrons. The fourth-order valence-electron chi connectivity index (χ4n) is 3.74. The van der Waals surface area contributed by atoms with Gasteiger partial charge in [0.05, 0.1) is 19.1 Å². The van der Waals surface area contributed by atoms with Crippen LogP contribution in [0.1, 0.15) is 34.3 Å². The zero-order valence-corrected chi connectivity index (χ0v) is 18.2. The molecule has 1 heterocycles. The molecule has 2 aliphatic rings. The molecule has 31 heavy (non-hydrogen) atoms. The molecule has 1 aliphatic heterocycles. The van der Waals surface area contributed by atoms with Gasteiger partial charge in [0.15, 0.2) is 0 Å². The van der Waals surface area contributed by atoms with Gasteiger partial charge in [0.25, 0.3) is 5.91 Å². The fourth-order valence-corrected chi connectivity index (χ4v) is 3.95. The number of nitrogens with zero attached hydrogens (tertiary/aromatic N) is 1. The van der Waals surface area contributed by atoms with E-state index >= 15 is 0 Å². The van der Waals surface area contributed by atoms with Crippen molar-refractivity contribution in [3.8, 4) is 0 Å². The molecule has 0 aromatic heterocycles. The quantitative estimate of drug-likeness (QED) is 0.660. The maximum Gasteiger partial charge on any atom is 0.251 e. The predicted octanol–water partition coefficient (Wildman–Crippen LogP) is 2.79. The van der Waals surface area contributed by atoms with Gasteiger partial charge in [-0.1, -0.05) is 35.9 Å². The summed E-state index contributed by atoms with van der Waals surface area (Å²) in [6.45, 7) is 3.52. The molecule has 4 rings (SSSR count). The molecule has 0 unspecified atom stereocenters. The van der Waals surface area contributed by atoms with Crippen LogP contribution in [0.5, 0.6) is 0 Å². The van der Waals surface area contributed by atoms with Crippen LogP contribution in [0.4, 0.5) is 0 Å². The lowest BCUT2D eigenvalue weighted by Gasteiger charge is -2.33. The van der Waals surface area contributed by atoms with Gasteiger partial charge in [0.2, 0.25) is 5.91 Å². The van der Waals surface area contributed by atoms with Crippen LogP contribution in [-0.2, 0) is 22.5 Å². The Balaban J connectivity index is 1.23. The van der Waals surface area contributed by atoms with Gasteiger partial charge in [0, 0.05) is 42.8 Å². The fraction of sp³-hybridized carbons (Fsp3) is 0.417. The normalized spacial score (nSPS) is 19.1. The van der Waals surface area contributed by atoms with E-state index < -0.39 is 0 Å². The summed E-state index contributed by atoms with van der Waals surface area (Å²) in [5.74, 6) is -0.143. The van der Waals surface area contributed by atoms with Crippen molar-refractivity contribution in [3.05, 3.63) is 70.2 Å². The number of hydrogen-bond donors (Lipinski definition) is 2. The molecule has 2 N–H and O–H groups in total. The van der Waals surface area contributed by atoms with Gasteiger partial charge < -0.3 is 15.4 Å². The Bertz CT molecular complexity index is 932. The Morgan fingerprint density at radius 3 is 2.71 bits per heavy atom. The zero-order chi connectivity index (χ0) is 21.6. The van der Waals surface area contributed by atoms with E-state index in [9.17, 15) is 9.59 Å². The Labute approximate surface area is 187 Å². The van der Waals surface area contributed by atoms with Gasteiger partial charge >= 0.3 is 0 Å². The van der Waals surface area contributed by atoms with Crippen LogP contribution in [0.25, 0.3) is 0 Å². The minimum atomic E-state index is -0.0738. The Morgan fingerprint density at radius 1 is 1.10 bits per heavy atom. The number of hydrogen-bond acceptors (Lipinski definition) is 4. The second-order valence-electron chi connectivity index (χ2n) is 8.29. The van der Waals surface area contributed by atoms with Gasteiger partial charge in [-0.05, 0) is 48.2 Å². The number of benzene rings is 2. The number of carbonyl (C=O) groups is 2. The molecule has 2 aromatic carbocycles. The van der Waals surface area contributed by atoms with Gasteiger partial charge in [-0.25, -0.2) is 0 Å². The zero-order valence-electron chi connectivity index (χ0n) is 17.5. The van der Waals surface area contributed by atoms with Crippen molar-refractivity contribution in [2.75, 3.05) is 26.2 Å². The van der Waals surface area contributed by atoms with Crippen molar-refractivity contribution in [3.63, 3.8) is 0 Å². The molecule has 6 nitrogen and oxygen atoms in total. The van der Waals surface area contributed by atoms with Crippen molar-refractivity contribution < 1.29 is 14.3 Å². The van der Waals surface area contributed by atoms with Crippen LogP contribution >= 0.6 is 11.6 Å². The molecule has 0 bridgehead atoms. The van der Waals surface area contributed by atoms with E-state index in [1.807, 2.05) is 30.3 Å². The number of morpholine rings is 1. The lowest BCUT2D eigenvalue weighted by Crippen LogP contribution is -2.47. The molecule has 0 radical (unpaired) electrons. The number of halogens is 1. The van der Waals surface area contributed by atoms with Crippen LogP contribution in [0, 0.1) is 0 Å². The first-order valence-corrected chi connectivity index (χ1v) is 11.2. The first-order chi connectivity index (χ1) is 15.0. The monoisotopic (exact) mass is 441 g/mol. The highest BCUT2D eigenvalue weighted by Gasteiger charge is 2.24. The second-order valence-corrected chi connectivity index (χ2v) is 8.72. The standard InChI is InChI=1S/C24H28ClN3O3/c25-20-6-2-4-18(12-20)15-28-9-10-31-22(16-28)14-26-23(29)13-17-3-1-5-19(11-17)24(30)27-21-7-8-21/h1-6,11-12,21-22H,7-10,13-16H2,(H,26,29)(H,27,30)/t22-/m0/s1. The van der Waals surface area contributed by atoms with Crippen LogP contribution in [-0.4, -0.2) is 55.1 Å². The van der Waals surface area contributed by atoms with Crippen molar-refractivity contribution in [1.29, 1.82) is 0 Å². The molecule has 2 aromatic rings. The van der Waals surface area contributed by atoms with Crippen molar-refractivity contribution in [2.24, 2.45) is 0 Å². The Morgan fingerprint density at radius 2 is 1.90 bits per heavy atom. The minimum Gasteiger partial charge on any atom is -0.374 e. The van der Waals surface area contributed by atoms with Gasteiger partial charge in [-0.3, -0.25) is 14.5 Å². The number of ether oxygens (including phenoxy) is 1. The molecule has 2 fully saturated rings. The van der Waals surface area contributed by atoms with Crippen molar-refractivity contribution >= 4 is 23.4 Å². The molecule has 1 atom stereocenters. The molecular weight excluding hydrogens is 414 g/mol. The van der Waals surface area contributed by atoms with E-state index in [0.717, 1.165) is 43.1 Å². The third-order valence-corrected chi connectivity index (χ3v) is 5.75. The maximum absolute atomic E-state index is 12.4. The van der Waals surface area contributed by atoms with Gasteiger partial charge in [-0.2, -0.15) is 0 Å². The molecule has 2 amide bonds. The van der Waals surface area contributed by atoms with E-state index in [1.54, 1.807) is 12.1 Å². The lowest BCUT2D eigenvalue weighted by atomic mass is 10.1. The summed E-state index contributed by atoms with van der Waals surface area (Å²) in [6, 6.07) is 15.5. The van der Waals surface area contributed by atoms with Crippen LogP contribution < -0.4 is 10.6 Å². The summed E-state index contributed by atoms with van der Waals surface area (Å²) in [6.07, 6.45) is 2.29. The molecule has 1 saturated carbocycles. The number of amides is 2. The number of carbonyl (C=O) groups excluding carboxylic acids is 2.